The smallest absolute Gasteiger partial charge is 0.306 e. The van der Waals surface area contributed by atoms with Crippen molar-refractivity contribution in [1.29, 1.82) is 0 Å². The molecular weight excluding hydrogens is 542 g/mol. The number of phenolic OH excluding ortho intramolecular Hbond substituents is 1. The highest BCUT2D eigenvalue weighted by Crippen LogP contribution is 2.53. The molecule has 10 heteroatoms. The van der Waals surface area contributed by atoms with Crippen LogP contribution in [-0.4, -0.2) is 56.1 Å². The number of carbonyl (C=O) groups excluding carboxylic acids is 4. The third-order valence-corrected chi connectivity index (χ3v) is 8.41. The molecule has 1 saturated carbocycles. The van der Waals surface area contributed by atoms with Gasteiger partial charge < -0.3 is 30.9 Å². The summed E-state index contributed by atoms with van der Waals surface area (Å²) in [5.41, 5.74) is 4.69. The van der Waals surface area contributed by atoms with E-state index < -0.39 is 52.0 Å². The molecule has 1 fully saturated rings. The molecule has 0 spiro atoms. The lowest BCUT2D eigenvalue weighted by Crippen LogP contribution is -2.58. The van der Waals surface area contributed by atoms with Gasteiger partial charge in [-0.2, -0.15) is 0 Å². The van der Waals surface area contributed by atoms with Gasteiger partial charge in [-0.25, -0.2) is 0 Å². The molecule has 5 rings (SSSR count). The van der Waals surface area contributed by atoms with E-state index in [0.717, 1.165) is 11.1 Å². The number of hydrogen-bond acceptors (Lipinski definition) is 9. The van der Waals surface area contributed by atoms with Crippen molar-refractivity contribution in [2.45, 2.75) is 51.6 Å². The lowest BCUT2D eigenvalue weighted by molar-refractivity contribution is -0.148. The number of ketones is 2. The van der Waals surface area contributed by atoms with E-state index in [1.807, 2.05) is 38.1 Å². The van der Waals surface area contributed by atoms with Crippen LogP contribution < -0.4 is 5.73 Å². The van der Waals surface area contributed by atoms with Crippen LogP contribution in [0.5, 0.6) is 5.75 Å². The zero-order chi connectivity index (χ0) is 30.5. The lowest BCUT2D eigenvalue weighted by atomic mass is 9.59. The number of fused-ring (bicyclic) bond motifs is 3. The average Bonchev–Trinajstić information content (AvgIpc) is 2.93. The summed E-state index contributed by atoms with van der Waals surface area (Å²) in [6, 6.07) is 10.6. The van der Waals surface area contributed by atoms with E-state index in [1.54, 1.807) is 6.07 Å². The summed E-state index contributed by atoms with van der Waals surface area (Å²) in [4.78, 5) is 50.0. The Kier molecular flexibility index (Phi) is 7.44. The van der Waals surface area contributed by atoms with Crippen molar-refractivity contribution in [3.05, 3.63) is 70.0 Å². The van der Waals surface area contributed by atoms with Crippen LogP contribution in [0.2, 0.25) is 0 Å². The number of amides is 1. The van der Waals surface area contributed by atoms with Crippen LogP contribution >= 0.6 is 0 Å². The fourth-order valence-corrected chi connectivity index (χ4v) is 6.32. The molecule has 2 aromatic carbocycles. The number of Topliss-reactive ketones (excluding diaryl/α,β-unsaturated/α-hetero) is 2. The van der Waals surface area contributed by atoms with Gasteiger partial charge in [0.15, 0.2) is 11.4 Å². The first-order valence-electron chi connectivity index (χ1n) is 13.9. The molecule has 42 heavy (non-hydrogen) atoms. The van der Waals surface area contributed by atoms with Gasteiger partial charge in [-0.1, -0.05) is 44.2 Å². The zero-order valence-electron chi connectivity index (χ0n) is 23.3. The van der Waals surface area contributed by atoms with Gasteiger partial charge in [0.05, 0.1) is 12.2 Å². The topological polar surface area (TPSA) is 184 Å². The number of aliphatic hydroxyl groups is 3. The quantitative estimate of drug-likeness (QED) is 0.244. The van der Waals surface area contributed by atoms with Crippen molar-refractivity contribution in [2.24, 2.45) is 23.5 Å². The number of carbonyl (C=O) groups is 4. The molecule has 0 radical (unpaired) electrons. The van der Waals surface area contributed by atoms with Crippen molar-refractivity contribution in [3.8, 4) is 16.9 Å². The summed E-state index contributed by atoms with van der Waals surface area (Å²) < 4.78 is 5.23. The molecule has 6 N–H and O–H groups in total. The fourth-order valence-electron chi connectivity index (χ4n) is 6.32. The van der Waals surface area contributed by atoms with Gasteiger partial charge in [-0.05, 0) is 59.4 Å². The summed E-state index contributed by atoms with van der Waals surface area (Å²) in [7, 11) is 0. The van der Waals surface area contributed by atoms with Gasteiger partial charge in [0, 0.05) is 24.3 Å². The summed E-state index contributed by atoms with van der Waals surface area (Å²) >= 11 is 0. The highest BCUT2D eigenvalue weighted by atomic mass is 16.5. The van der Waals surface area contributed by atoms with E-state index >= 15 is 0 Å². The maximum absolute atomic E-state index is 13.7. The highest BCUT2D eigenvalue weighted by Gasteiger charge is 2.60. The molecule has 0 aliphatic heterocycles. The summed E-state index contributed by atoms with van der Waals surface area (Å²) in [6.07, 6.45) is 0.649. The molecule has 1 amide bonds. The van der Waals surface area contributed by atoms with Gasteiger partial charge in [0.2, 0.25) is 5.78 Å². The Balaban J connectivity index is 1.48. The maximum Gasteiger partial charge on any atom is 0.306 e. The van der Waals surface area contributed by atoms with Crippen LogP contribution in [-0.2, 0) is 36.8 Å². The number of ether oxygens (including phenoxy) is 1. The number of aromatic hydroxyl groups is 1. The number of esters is 1. The molecule has 3 unspecified atom stereocenters. The Bertz CT molecular complexity index is 1570. The minimum absolute atomic E-state index is 0.0385. The maximum atomic E-state index is 13.7. The van der Waals surface area contributed by atoms with Crippen LogP contribution in [0.15, 0.2) is 53.3 Å². The Labute approximate surface area is 242 Å². The molecule has 0 heterocycles. The molecule has 10 nitrogen and oxygen atoms in total. The number of rotatable bonds is 7. The molecule has 0 aromatic heterocycles. The molecule has 3 aliphatic rings. The van der Waals surface area contributed by atoms with Crippen molar-refractivity contribution >= 4 is 29.2 Å². The minimum atomic E-state index is -2.60. The van der Waals surface area contributed by atoms with Gasteiger partial charge in [-0.3, -0.25) is 19.2 Å². The standard InChI is InChI=1S/C32H33NO9/c1-15(2)14-42-24(36)10-5-16-3-6-17(7-4-16)20-8-9-22(34)26-21(20)12-18-11-19-13-23(35)27(31(33)40)30(39)32(19,41)29(38)25(18)28(26)37/h3-4,6-9,15,18-19,34,37,39,41H,5,10-14H2,1-2H3,(H2,33,40). The van der Waals surface area contributed by atoms with E-state index in [4.69, 9.17) is 10.5 Å². The van der Waals surface area contributed by atoms with Crippen molar-refractivity contribution in [1.82, 2.24) is 0 Å². The third kappa shape index (κ3) is 4.75. The highest BCUT2D eigenvalue weighted by molar-refractivity contribution is 6.22. The predicted octanol–water partition coefficient (Wildman–Crippen LogP) is 3.22. The second kappa shape index (κ2) is 10.8. The van der Waals surface area contributed by atoms with Crippen LogP contribution in [0.25, 0.3) is 16.9 Å². The zero-order valence-corrected chi connectivity index (χ0v) is 23.3. The Hall–Kier alpha value is -4.44. The number of benzene rings is 2. The van der Waals surface area contributed by atoms with Crippen molar-refractivity contribution in [3.63, 3.8) is 0 Å². The first-order valence-corrected chi connectivity index (χ1v) is 13.9. The van der Waals surface area contributed by atoms with Crippen molar-refractivity contribution < 1.29 is 44.3 Å². The van der Waals surface area contributed by atoms with Gasteiger partial charge in [-0.15, -0.1) is 0 Å². The largest absolute Gasteiger partial charge is 0.508 e. The third-order valence-electron chi connectivity index (χ3n) is 8.41. The number of aryl methyl sites for hydroxylation is 1. The molecule has 3 atom stereocenters. The van der Waals surface area contributed by atoms with Crippen LogP contribution in [0, 0.1) is 17.8 Å². The fraction of sp³-hybridized carbons (Fsp3) is 0.375. The summed E-state index contributed by atoms with van der Waals surface area (Å²) in [6.45, 7) is 4.31. The average molecular weight is 576 g/mol. The van der Waals surface area contributed by atoms with Gasteiger partial charge in [0.25, 0.3) is 5.91 Å². The van der Waals surface area contributed by atoms with E-state index in [2.05, 4.69) is 0 Å². The lowest BCUT2D eigenvalue weighted by Gasteiger charge is -2.46. The second-order valence-corrected chi connectivity index (χ2v) is 11.7. The first kappa shape index (κ1) is 29.1. The number of nitrogens with two attached hydrogens (primary N) is 1. The predicted molar refractivity (Wildman–Crippen MR) is 151 cm³/mol. The van der Waals surface area contributed by atoms with E-state index in [1.165, 1.54) is 6.07 Å². The summed E-state index contributed by atoms with van der Waals surface area (Å²) in [5.74, 6) is -6.61. The van der Waals surface area contributed by atoms with Gasteiger partial charge in [0.1, 0.15) is 22.8 Å². The van der Waals surface area contributed by atoms with Crippen LogP contribution in [0.4, 0.5) is 0 Å². The van der Waals surface area contributed by atoms with E-state index in [-0.39, 0.29) is 54.5 Å². The molecular formula is C32H33NO9. The normalized spacial score (nSPS) is 23.4. The molecule has 220 valence electrons. The van der Waals surface area contributed by atoms with Gasteiger partial charge >= 0.3 is 5.97 Å². The minimum Gasteiger partial charge on any atom is -0.508 e. The first-order chi connectivity index (χ1) is 19.8. The number of primary amides is 1. The Morgan fingerprint density at radius 2 is 1.74 bits per heavy atom. The van der Waals surface area contributed by atoms with E-state index in [9.17, 15) is 39.6 Å². The van der Waals surface area contributed by atoms with Crippen LogP contribution in [0.3, 0.4) is 0 Å². The van der Waals surface area contributed by atoms with Crippen molar-refractivity contribution in [2.75, 3.05) is 6.61 Å². The second-order valence-electron chi connectivity index (χ2n) is 11.7. The number of phenols is 1. The SMILES string of the molecule is CC(C)COC(=O)CCc1ccc(-c2ccc(O)c3c2CC2CC4CC(=O)C(C(N)=O)=C(O)C4(O)C(=O)C2=C3O)cc1. The monoisotopic (exact) mass is 575 g/mol. The molecule has 2 aromatic rings. The number of hydrogen-bond donors (Lipinski definition) is 5. The molecule has 0 bridgehead atoms. The molecule has 0 saturated heterocycles. The molecule has 3 aliphatic carbocycles. The van der Waals surface area contributed by atoms with E-state index in [0.29, 0.717) is 24.2 Å². The Morgan fingerprint density at radius 1 is 1.05 bits per heavy atom. The number of aliphatic hydroxyl groups excluding tert-OH is 2. The summed E-state index contributed by atoms with van der Waals surface area (Å²) in [5, 5.41) is 44.1. The van der Waals surface area contributed by atoms with Crippen LogP contribution in [0.1, 0.15) is 49.8 Å². The Morgan fingerprint density at radius 3 is 2.38 bits per heavy atom.